The standard InChI is InChI=1S/C46H29NOS/c1-2-12-32-29-34(28-23-30(32)11-1)47(33-26-24-31(25-27-33)35-16-9-17-39-37-14-4-7-21-43(37)48-45(35)39)42-20-6-3-13-36(42)40-18-10-19-41-38-15-5-8-22-44(38)49-46(40)41/h1-29H. The quantitative estimate of drug-likeness (QED) is 0.186. The third-order valence-electron chi connectivity index (χ3n) is 9.67. The predicted molar refractivity (Wildman–Crippen MR) is 210 cm³/mol. The van der Waals surface area contributed by atoms with E-state index >= 15 is 0 Å². The minimum absolute atomic E-state index is 0.911. The van der Waals surface area contributed by atoms with Gasteiger partial charge in [0.05, 0.1) is 5.69 Å². The zero-order valence-corrected chi connectivity index (χ0v) is 27.3. The molecule has 0 unspecified atom stereocenters. The van der Waals surface area contributed by atoms with Crippen molar-refractivity contribution in [3.63, 3.8) is 0 Å². The normalized spacial score (nSPS) is 11.7. The van der Waals surface area contributed by atoms with Crippen LogP contribution in [0.4, 0.5) is 17.1 Å². The molecule has 0 fully saturated rings. The van der Waals surface area contributed by atoms with Crippen molar-refractivity contribution in [2.45, 2.75) is 0 Å². The first-order valence-electron chi connectivity index (χ1n) is 16.6. The van der Waals surface area contributed by atoms with Gasteiger partial charge in [-0.1, -0.05) is 133 Å². The largest absolute Gasteiger partial charge is 0.455 e. The molecule has 2 heterocycles. The van der Waals surface area contributed by atoms with Crippen LogP contribution in [-0.4, -0.2) is 0 Å². The molecule has 2 nitrogen and oxygen atoms in total. The minimum atomic E-state index is 0.911. The molecule has 2 aromatic heterocycles. The summed E-state index contributed by atoms with van der Waals surface area (Å²) in [5, 5.41) is 7.33. The molecule has 230 valence electrons. The minimum Gasteiger partial charge on any atom is -0.455 e. The van der Waals surface area contributed by atoms with Gasteiger partial charge in [-0.3, -0.25) is 0 Å². The smallest absolute Gasteiger partial charge is 0.143 e. The highest BCUT2D eigenvalue weighted by Crippen LogP contribution is 2.46. The van der Waals surface area contributed by atoms with Crippen LogP contribution in [-0.2, 0) is 0 Å². The Morgan fingerprint density at radius 3 is 1.98 bits per heavy atom. The summed E-state index contributed by atoms with van der Waals surface area (Å²) >= 11 is 1.87. The highest BCUT2D eigenvalue weighted by atomic mass is 32.1. The van der Waals surface area contributed by atoms with E-state index in [0.29, 0.717) is 0 Å². The maximum absolute atomic E-state index is 6.41. The molecule has 0 N–H and O–H groups in total. The van der Waals surface area contributed by atoms with E-state index in [1.807, 2.05) is 23.5 Å². The molecule has 0 bridgehead atoms. The SMILES string of the molecule is c1ccc(N(c2ccc(-c3cccc4c3oc3ccccc34)cc2)c2ccc3ccccc3c2)c(-c2cccc3c2sc2ccccc23)c1. The van der Waals surface area contributed by atoms with Gasteiger partial charge in [-0.2, -0.15) is 0 Å². The van der Waals surface area contributed by atoms with Crippen molar-refractivity contribution in [1.29, 1.82) is 0 Å². The number of anilines is 3. The van der Waals surface area contributed by atoms with Crippen LogP contribution >= 0.6 is 11.3 Å². The van der Waals surface area contributed by atoms with Gasteiger partial charge in [0.2, 0.25) is 0 Å². The lowest BCUT2D eigenvalue weighted by Gasteiger charge is -2.28. The summed E-state index contributed by atoms with van der Waals surface area (Å²) < 4.78 is 9.03. The van der Waals surface area contributed by atoms with E-state index in [2.05, 4.69) is 169 Å². The van der Waals surface area contributed by atoms with E-state index in [1.165, 1.54) is 42.1 Å². The number of hydrogen-bond acceptors (Lipinski definition) is 3. The molecule has 0 atom stereocenters. The molecule has 0 spiro atoms. The topological polar surface area (TPSA) is 16.4 Å². The van der Waals surface area contributed by atoms with Crippen molar-refractivity contribution in [3.8, 4) is 22.3 Å². The van der Waals surface area contributed by atoms with E-state index in [0.717, 1.165) is 50.1 Å². The summed E-state index contributed by atoms with van der Waals surface area (Å²) in [5.41, 5.74) is 9.82. The first-order chi connectivity index (χ1) is 24.3. The Morgan fingerprint density at radius 1 is 0.429 bits per heavy atom. The maximum Gasteiger partial charge on any atom is 0.143 e. The first kappa shape index (κ1) is 27.9. The lowest BCUT2D eigenvalue weighted by Crippen LogP contribution is -2.11. The molecule has 0 aliphatic heterocycles. The van der Waals surface area contributed by atoms with Crippen LogP contribution in [0.1, 0.15) is 0 Å². The number of benzene rings is 8. The number of para-hydroxylation sites is 3. The molecule has 10 rings (SSSR count). The van der Waals surface area contributed by atoms with Crippen LogP contribution in [0.25, 0.3) is 75.1 Å². The molecule has 3 heteroatoms. The number of rotatable bonds is 5. The zero-order chi connectivity index (χ0) is 32.3. The molecule has 8 aromatic carbocycles. The molecular formula is C46H29NOS. The average Bonchev–Trinajstić information content (AvgIpc) is 3.74. The second-order valence-electron chi connectivity index (χ2n) is 12.5. The monoisotopic (exact) mass is 643 g/mol. The fraction of sp³-hybridized carbons (Fsp3) is 0. The summed E-state index contributed by atoms with van der Waals surface area (Å²) in [7, 11) is 0. The highest BCUT2D eigenvalue weighted by Gasteiger charge is 2.20. The van der Waals surface area contributed by atoms with Gasteiger partial charge in [-0.15, -0.1) is 11.3 Å². The predicted octanol–water partition coefficient (Wildman–Crippen LogP) is 13.9. The molecule has 0 saturated carbocycles. The summed E-state index contributed by atoms with van der Waals surface area (Å²) in [6, 6.07) is 63.2. The molecule has 49 heavy (non-hydrogen) atoms. The lowest BCUT2D eigenvalue weighted by atomic mass is 9.98. The number of fused-ring (bicyclic) bond motifs is 7. The van der Waals surface area contributed by atoms with E-state index < -0.39 is 0 Å². The van der Waals surface area contributed by atoms with Crippen molar-refractivity contribution < 1.29 is 4.42 Å². The van der Waals surface area contributed by atoms with E-state index in [9.17, 15) is 0 Å². The summed E-state index contributed by atoms with van der Waals surface area (Å²) in [5.74, 6) is 0. The third-order valence-corrected chi connectivity index (χ3v) is 10.9. The fourth-order valence-electron chi connectivity index (χ4n) is 7.36. The Balaban J connectivity index is 1.16. The third kappa shape index (κ3) is 4.55. The van der Waals surface area contributed by atoms with Crippen molar-refractivity contribution in [2.75, 3.05) is 4.90 Å². The Labute approximate surface area is 287 Å². The Morgan fingerprint density at radius 2 is 1.08 bits per heavy atom. The number of furan rings is 1. The Kier molecular flexibility index (Phi) is 6.39. The van der Waals surface area contributed by atoms with Gasteiger partial charge in [0.15, 0.2) is 0 Å². The summed E-state index contributed by atoms with van der Waals surface area (Å²) in [6.07, 6.45) is 0. The van der Waals surface area contributed by atoms with Gasteiger partial charge in [0, 0.05) is 59.0 Å². The molecule has 0 amide bonds. The molecule has 10 aromatic rings. The van der Waals surface area contributed by atoms with Crippen molar-refractivity contribution in [3.05, 3.63) is 176 Å². The van der Waals surface area contributed by atoms with Gasteiger partial charge >= 0.3 is 0 Å². The van der Waals surface area contributed by atoms with E-state index in [1.54, 1.807) is 0 Å². The van der Waals surface area contributed by atoms with Crippen LogP contribution in [0, 0.1) is 0 Å². The van der Waals surface area contributed by atoms with E-state index in [4.69, 9.17) is 4.42 Å². The van der Waals surface area contributed by atoms with Crippen LogP contribution in [0.3, 0.4) is 0 Å². The highest BCUT2D eigenvalue weighted by molar-refractivity contribution is 7.26. The van der Waals surface area contributed by atoms with Crippen molar-refractivity contribution >= 4 is 81.3 Å². The van der Waals surface area contributed by atoms with E-state index in [-0.39, 0.29) is 0 Å². The Bertz CT molecular complexity index is 2840. The van der Waals surface area contributed by atoms with Crippen LogP contribution in [0.15, 0.2) is 180 Å². The van der Waals surface area contributed by atoms with Gasteiger partial charge in [-0.25, -0.2) is 0 Å². The lowest BCUT2D eigenvalue weighted by molar-refractivity contribution is 0.670. The van der Waals surface area contributed by atoms with Gasteiger partial charge in [0.1, 0.15) is 11.2 Å². The molecule has 0 radical (unpaired) electrons. The second-order valence-corrected chi connectivity index (χ2v) is 13.5. The van der Waals surface area contributed by atoms with Crippen LogP contribution in [0.5, 0.6) is 0 Å². The number of thiophene rings is 1. The zero-order valence-electron chi connectivity index (χ0n) is 26.5. The van der Waals surface area contributed by atoms with Crippen LogP contribution in [0.2, 0.25) is 0 Å². The fourth-order valence-corrected chi connectivity index (χ4v) is 8.59. The number of hydrogen-bond donors (Lipinski definition) is 0. The molecule has 0 saturated heterocycles. The van der Waals surface area contributed by atoms with Gasteiger partial charge < -0.3 is 9.32 Å². The van der Waals surface area contributed by atoms with Gasteiger partial charge in [-0.05, 0) is 58.8 Å². The number of nitrogens with zero attached hydrogens (tertiary/aromatic N) is 1. The Hall–Kier alpha value is -6.16. The molecular weight excluding hydrogens is 615 g/mol. The summed E-state index contributed by atoms with van der Waals surface area (Å²) in [6.45, 7) is 0. The first-order valence-corrected chi connectivity index (χ1v) is 17.4. The average molecular weight is 644 g/mol. The maximum atomic E-state index is 6.41. The van der Waals surface area contributed by atoms with Gasteiger partial charge in [0.25, 0.3) is 0 Å². The van der Waals surface area contributed by atoms with Crippen molar-refractivity contribution in [2.24, 2.45) is 0 Å². The molecule has 0 aliphatic rings. The molecule has 0 aliphatic carbocycles. The van der Waals surface area contributed by atoms with Crippen molar-refractivity contribution in [1.82, 2.24) is 0 Å². The summed E-state index contributed by atoms with van der Waals surface area (Å²) in [4.78, 5) is 2.40. The van der Waals surface area contributed by atoms with Crippen LogP contribution < -0.4 is 4.90 Å². The second kappa shape index (κ2) is 11.2.